The molecule has 2 aromatic heterocycles. The van der Waals surface area contributed by atoms with Crippen LogP contribution in [0.15, 0.2) is 48.8 Å². The molecule has 0 spiro atoms. The number of imidazole rings is 1. The second kappa shape index (κ2) is 5.43. The van der Waals surface area contributed by atoms with E-state index in [-0.39, 0.29) is 0 Å². The molecule has 0 amide bonds. The summed E-state index contributed by atoms with van der Waals surface area (Å²) in [6.45, 7) is 0.393. The van der Waals surface area contributed by atoms with Gasteiger partial charge in [0.25, 0.3) is 0 Å². The van der Waals surface area contributed by atoms with E-state index in [4.69, 9.17) is 21.1 Å². The van der Waals surface area contributed by atoms with Gasteiger partial charge in [0.2, 0.25) is 0 Å². The van der Waals surface area contributed by atoms with Gasteiger partial charge < -0.3 is 13.9 Å². The van der Waals surface area contributed by atoms with Gasteiger partial charge in [0.05, 0.1) is 17.8 Å². The zero-order chi connectivity index (χ0) is 13.9. The number of ether oxygens (including phenoxy) is 2. The molecular formula is C15H13ClN2O2. The van der Waals surface area contributed by atoms with Crippen LogP contribution in [0.2, 0.25) is 5.02 Å². The maximum atomic E-state index is 6.08. The largest absolute Gasteiger partial charge is 0.497 e. The number of halogens is 1. The van der Waals surface area contributed by atoms with Crippen molar-refractivity contribution >= 4 is 17.2 Å². The average Bonchev–Trinajstić information content (AvgIpc) is 2.90. The fourth-order valence-corrected chi connectivity index (χ4v) is 2.14. The van der Waals surface area contributed by atoms with Gasteiger partial charge in [0.1, 0.15) is 18.1 Å². The molecule has 20 heavy (non-hydrogen) atoms. The Kier molecular flexibility index (Phi) is 3.48. The van der Waals surface area contributed by atoms with E-state index in [1.165, 1.54) is 0 Å². The van der Waals surface area contributed by atoms with Gasteiger partial charge in [-0.25, -0.2) is 4.98 Å². The molecule has 0 saturated heterocycles. The second-order valence-corrected chi connectivity index (χ2v) is 4.69. The van der Waals surface area contributed by atoms with Crippen molar-refractivity contribution in [3.63, 3.8) is 0 Å². The number of benzene rings is 1. The van der Waals surface area contributed by atoms with E-state index in [1.807, 2.05) is 53.2 Å². The molecule has 0 aliphatic heterocycles. The number of hydrogen-bond donors (Lipinski definition) is 0. The van der Waals surface area contributed by atoms with Gasteiger partial charge in [-0.1, -0.05) is 11.6 Å². The maximum absolute atomic E-state index is 6.08. The summed E-state index contributed by atoms with van der Waals surface area (Å²) in [6.07, 6.45) is 3.82. The van der Waals surface area contributed by atoms with E-state index in [2.05, 4.69) is 4.98 Å². The Morgan fingerprint density at radius 1 is 1.15 bits per heavy atom. The topological polar surface area (TPSA) is 35.8 Å². The fourth-order valence-electron chi connectivity index (χ4n) is 1.93. The van der Waals surface area contributed by atoms with Crippen molar-refractivity contribution in [3.8, 4) is 11.5 Å². The molecule has 0 bridgehead atoms. The SMILES string of the molecule is COc1ccc(OCc2cn3cccc(Cl)c3n2)cc1. The molecule has 1 aromatic carbocycles. The number of pyridine rings is 1. The molecule has 0 saturated carbocycles. The van der Waals surface area contributed by atoms with Crippen LogP contribution in [-0.4, -0.2) is 16.5 Å². The summed E-state index contributed by atoms with van der Waals surface area (Å²) in [7, 11) is 1.64. The van der Waals surface area contributed by atoms with Gasteiger partial charge in [-0.05, 0) is 36.4 Å². The fraction of sp³-hybridized carbons (Fsp3) is 0.133. The monoisotopic (exact) mass is 288 g/mol. The number of rotatable bonds is 4. The number of hydrogen-bond acceptors (Lipinski definition) is 3. The van der Waals surface area contributed by atoms with E-state index in [0.29, 0.717) is 11.6 Å². The highest BCUT2D eigenvalue weighted by molar-refractivity contribution is 6.33. The third kappa shape index (κ3) is 2.56. The van der Waals surface area contributed by atoms with E-state index in [9.17, 15) is 0 Å². The quantitative estimate of drug-likeness (QED) is 0.736. The minimum atomic E-state index is 0.393. The van der Waals surface area contributed by atoms with Crippen LogP contribution in [0.25, 0.3) is 5.65 Å². The lowest BCUT2D eigenvalue weighted by Crippen LogP contribution is -1.95. The number of nitrogens with zero attached hydrogens (tertiary/aromatic N) is 2. The number of fused-ring (bicyclic) bond motifs is 1. The second-order valence-electron chi connectivity index (χ2n) is 4.28. The molecule has 2 heterocycles. The molecule has 0 aliphatic rings. The van der Waals surface area contributed by atoms with E-state index in [1.54, 1.807) is 7.11 Å². The zero-order valence-electron chi connectivity index (χ0n) is 10.9. The van der Waals surface area contributed by atoms with Crippen molar-refractivity contribution in [2.24, 2.45) is 0 Å². The third-order valence-electron chi connectivity index (χ3n) is 2.93. The molecular weight excluding hydrogens is 276 g/mol. The summed E-state index contributed by atoms with van der Waals surface area (Å²) in [5, 5.41) is 0.628. The Balaban J connectivity index is 1.74. The van der Waals surface area contributed by atoms with Crippen LogP contribution in [-0.2, 0) is 6.61 Å². The van der Waals surface area contributed by atoms with Crippen molar-refractivity contribution < 1.29 is 9.47 Å². The van der Waals surface area contributed by atoms with E-state index >= 15 is 0 Å². The molecule has 0 atom stereocenters. The van der Waals surface area contributed by atoms with Crippen LogP contribution < -0.4 is 9.47 Å². The predicted octanol–water partition coefficient (Wildman–Crippen LogP) is 3.58. The molecule has 4 nitrogen and oxygen atoms in total. The molecule has 0 fully saturated rings. The normalized spacial score (nSPS) is 10.7. The first-order valence-electron chi connectivity index (χ1n) is 6.15. The van der Waals surface area contributed by atoms with Crippen molar-refractivity contribution in [2.75, 3.05) is 7.11 Å². The van der Waals surface area contributed by atoms with Crippen molar-refractivity contribution in [3.05, 3.63) is 59.5 Å². The first-order valence-corrected chi connectivity index (χ1v) is 6.53. The van der Waals surface area contributed by atoms with E-state index < -0.39 is 0 Å². The van der Waals surface area contributed by atoms with Gasteiger partial charge >= 0.3 is 0 Å². The highest BCUT2D eigenvalue weighted by atomic mass is 35.5. The Morgan fingerprint density at radius 2 is 1.90 bits per heavy atom. The number of methoxy groups -OCH3 is 1. The summed E-state index contributed by atoms with van der Waals surface area (Å²) in [5.74, 6) is 1.57. The van der Waals surface area contributed by atoms with Gasteiger partial charge in [-0.2, -0.15) is 0 Å². The number of aromatic nitrogens is 2. The standard InChI is InChI=1S/C15H13ClN2O2/c1-19-12-4-6-13(7-5-12)20-10-11-9-18-8-2-3-14(16)15(18)17-11/h2-9H,10H2,1H3. The molecule has 3 rings (SSSR count). The zero-order valence-corrected chi connectivity index (χ0v) is 11.7. The Labute approximate surface area is 121 Å². The first kappa shape index (κ1) is 12.8. The van der Waals surface area contributed by atoms with Crippen molar-refractivity contribution in [2.45, 2.75) is 6.61 Å². The summed E-state index contributed by atoms with van der Waals surface area (Å²) in [6, 6.07) is 11.1. The summed E-state index contributed by atoms with van der Waals surface area (Å²) in [4.78, 5) is 4.44. The Hall–Kier alpha value is -2.20. The molecule has 0 N–H and O–H groups in total. The van der Waals surface area contributed by atoms with Crippen molar-refractivity contribution in [1.29, 1.82) is 0 Å². The molecule has 102 valence electrons. The summed E-state index contributed by atoms with van der Waals surface area (Å²) in [5.41, 5.74) is 1.57. The highest BCUT2D eigenvalue weighted by Crippen LogP contribution is 2.19. The third-order valence-corrected chi connectivity index (χ3v) is 3.23. The van der Waals surface area contributed by atoms with Gasteiger partial charge in [-0.3, -0.25) is 0 Å². The van der Waals surface area contributed by atoms with Crippen molar-refractivity contribution in [1.82, 2.24) is 9.38 Å². The first-order chi connectivity index (χ1) is 9.76. The van der Waals surface area contributed by atoms with Crippen LogP contribution in [0.1, 0.15) is 5.69 Å². The lowest BCUT2D eigenvalue weighted by Gasteiger charge is -2.04. The highest BCUT2D eigenvalue weighted by Gasteiger charge is 2.05. The molecule has 5 heteroatoms. The Morgan fingerprint density at radius 3 is 2.60 bits per heavy atom. The van der Waals surface area contributed by atoms with Crippen LogP contribution in [0.3, 0.4) is 0 Å². The minimum Gasteiger partial charge on any atom is -0.497 e. The summed E-state index contributed by atoms with van der Waals surface area (Å²) < 4.78 is 12.7. The van der Waals surface area contributed by atoms with Crippen LogP contribution >= 0.6 is 11.6 Å². The van der Waals surface area contributed by atoms with Crippen LogP contribution in [0.5, 0.6) is 11.5 Å². The summed E-state index contributed by atoms with van der Waals surface area (Å²) >= 11 is 6.08. The molecule has 0 radical (unpaired) electrons. The lowest BCUT2D eigenvalue weighted by atomic mass is 10.3. The van der Waals surface area contributed by atoms with E-state index in [0.717, 1.165) is 22.8 Å². The van der Waals surface area contributed by atoms with Gasteiger partial charge in [0.15, 0.2) is 5.65 Å². The average molecular weight is 289 g/mol. The Bertz CT molecular complexity index is 722. The lowest BCUT2D eigenvalue weighted by molar-refractivity contribution is 0.301. The smallest absolute Gasteiger partial charge is 0.155 e. The van der Waals surface area contributed by atoms with Crippen LogP contribution in [0.4, 0.5) is 0 Å². The van der Waals surface area contributed by atoms with Gasteiger partial charge in [0, 0.05) is 12.4 Å². The van der Waals surface area contributed by atoms with Crippen LogP contribution in [0, 0.1) is 0 Å². The predicted molar refractivity (Wildman–Crippen MR) is 77.5 cm³/mol. The van der Waals surface area contributed by atoms with Gasteiger partial charge in [-0.15, -0.1) is 0 Å². The molecule has 0 unspecified atom stereocenters. The maximum Gasteiger partial charge on any atom is 0.155 e. The molecule has 3 aromatic rings. The minimum absolute atomic E-state index is 0.393. The molecule has 0 aliphatic carbocycles.